The van der Waals surface area contributed by atoms with Crippen LogP contribution in [0, 0.1) is 0 Å². The number of aliphatic carboxylic acids is 1. The molecule has 114 valence electrons. The fourth-order valence-electron chi connectivity index (χ4n) is 2.12. The Morgan fingerprint density at radius 1 is 1.09 bits per heavy atom. The maximum atomic E-state index is 11.9. The summed E-state index contributed by atoms with van der Waals surface area (Å²) in [6.45, 7) is 0. The van der Waals surface area contributed by atoms with Crippen molar-refractivity contribution in [2.45, 2.75) is 25.3 Å². The Bertz CT molecular complexity index is 614. The van der Waals surface area contributed by atoms with Gasteiger partial charge < -0.3 is 10.4 Å². The Kier molecular flexibility index (Phi) is 5.65. The van der Waals surface area contributed by atoms with E-state index in [9.17, 15) is 14.7 Å². The Balaban J connectivity index is 1.88. The van der Waals surface area contributed by atoms with Crippen LogP contribution in [0.25, 0.3) is 0 Å². The number of nitrogens with one attached hydrogen (secondary N) is 1. The van der Waals surface area contributed by atoms with Gasteiger partial charge in [-0.3, -0.25) is 9.78 Å². The molecule has 2 N–H and O–H groups in total. The third kappa shape index (κ3) is 5.01. The van der Waals surface area contributed by atoms with Crippen molar-refractivity contribution in [2.75, 3.05) is 0 Å². The zero-order valence-corrected chi connectivity index (χ0v) is 12.1. The molecule has 0 aliphatic carbocycles. The number of benzene rings is 1. The van der Waals surface area contributed by atoms with Crippen LogP contribution in [0.2, 0.25) is 0 Å². The molecule has 0 saturated carbocycles. The van der Waals surface area contributed by atoms with Gasteiger partial charge in [-0.25, -0.2) is 4.79 Å². The number of aromatic nitrogens is 1. The summed E-state index contributed by atoms with van der Waals surface area (Å²) in [7, 11) is 0. The summed E-state index contributed by atoms with van der Waals surface area (Å²) in [4.78, 5) is 27.2. The molecule has 1 aromatic carbocycles. The molecule has 0 spiro atoms. The number of pyridine rings is 1. The van der Waals surface area contributed by atoms with Gasteiger partial charge in [0.05, 0.1) is 0 Å². The van der Waals surface area contributed by atoms with Crippen LogP contribution in [0.4, 0.5) is 0 Å². The molecule has 2 aromatic rings. The first kappa shape index (κ1) is 15.7. The number of nitrogens with zero attached hydrogens (tertiary/aromatic N) is 1. The molecule has 0 fully saturated rings. The van der Waals surface area contributed by atoms with Crippen molar-refractivity contribution in [2.24, 2.45) is 0 Å². The minimum absolute atomic E-state index is 0.240. The molecule has 1 atom stereocenters. The van der Waals surface area contributed by atoms with E-state index in [4.69, 9.17) is 0 Å². The van der Waals surface area contributed by atoms with Gasteiger partial charge in [0.25, 0.3) is 0 Å². The van der Waals surface area contributed by atoms with Crippen molar-refractivity contribution in [3.8, 4) is 0 Å². The highest BCUT2D eigenvalue weighted by molar-refractivity contribution is 5.83. The highest BCUT2D eigenvalue weighted by atomic mass is 16.4. The first-order valence-electron chi connectivity index (χ1n) is 7.10. The number of carbonyl (C=O) groups excluding carboxylic acids is 1. The van der Waals surface area contributed by atoms with Crippen molar-refractivity contribution in [3.05, 3.63) is 66.0 Å². The second kappa shape index (κ2) is 7.93. The van der Waals surface area contributed by atoms with E-state index >= 15 is 0 Å². The van der Waals surface area contributed by atoms with Gasteiger partial charge >= 0.3 is 5.97 Å². The van der Waals surface area contributed by atoms with E-state index in [0.717, 1.165) is 11.1 Å². The molecule has 0 bridgehead atoms. The Hall–Kier alpha value is -2.69. The zero-order chi connectivity index (χ0) is 15.8. The number of hydrogen-bond acceptors (Lipinski definition) is 3. The molecule has 0 radical (unpaired) electrons. The number of carboxylic acids is 1. The summed E-state index contributed by atoms with van der Waals surface area (Å²) < 4.78 is 0. The molecule has 22 heavy (non-hydrogen) atoms. The van der Waals surface area contributed by atoms with E-state index in [1.807, 2.05) is 42.5 Å². The van der Waals surface area contributed by atoms with Gasteiger partial charge in [0.1, 0.15) is 6.04 Å². The lowest BCUT2D eigenvalue weighted by Crippen LogP contribution is -2.42. The van der Waals surface area contributed by atoms with Crippen LogP contribution < -0.4 is 5.32 Å². The van der Waals surface area contributed by atoms with E-state index in [0.29, 0.717) is 6.42 Å². The zero-order valence-electron chi connectivity index (χ0n) is 12.1. The van der Waals surface area contributed by atoms with Gasteiger partial charge in [-0.2, -0.15) is 0 Å². The summed E-state index contributed by atoms with van der Waals surface area (Å²) in [5.74, 6) is -1.30. The standard InChI is InChI=1S/C17H18N2O3/c20-16(9-8-14-7-4-10-18-12-14)19-15(17(21)22)11-13-5-2-1-3-6-13/h1-7,10,12,15H,8-9,11H2,(H,19,20)(H,21,22)/t15-/m0/s1. The summed E-state index contributed by atoms with van der Waals surface area (Å²) >= 11 is 0. The molecular weight excluding hydrogens is 280 g/mol. The molecule has 0 aliphatic heterocycles. The molecular formula is C17H18N2O3. The topological polar surface area (TPSA) is 79.3 Å². The Morgan fingerprint density at radius 3 is 2.45 bits per heavy atom. The second-order valence-corrected chi connectivity index (χ2v) is 5.01. The van der Waals surface area contributed by atoms with E-state index in [2.05, 4.69) is 10.3 Å². The van der Waals surface area contributed by atoms with Crippen molar-refractivity contribution in [3.63, 3.8) is 0 Å². The minimum atomic E-state index is -1.03. The summed E-state index contributed by atoms with van der Waals surface area (Å²) in [5.41, 5.74) is 1.83. The summed E-state index contributed by atoms with van der Waals surface area (Å²) in [6.07, 6.45) is 4.42. The third-order valence-electron chi connectivity index (χ3n) is 3.28. The van der Waals surface area contributed by atoms with Crippen molar-refractivity contribution in [1.82, 2.24) is 10.3 Å². The van der Waals surface area contributed by atoms with Gasteiger partial charge in [0.15, 0.2) is 0 Å². The summed E-state index contributed by atoms with van der Waals surface area (Å²) in [6, 6.07) is 12.0. The number of carboxylic acid groups (broad SMARTS) is 1. The third-order valence-corrected chi connectivity index (χ3v) is 3.28. The lowest BCUT2D eigenvalue weighted by atomic mass is 10.1. The quantitative estimate of drug-likeness (QED) is 0.817. The maximum absolute atomic E-state index is 11.9. The van der Waals surface area contributed by atoms with Crippen LogP contribution in [0.1, 0.15) is 17.5 Å². The van der Waals surface area contributed by atoms with Crippen LogP contribution in [0.15, 0.2) is 54.9 Å². The smallest absolute Gasteiger partial charge is 0.326 e. The molecule has 1 aromatic heterocycles. The van der Waals surface area contributed by atoms with Crippen LogP contribution >= 0.6 is 0 Å². The van der Waals surface area contributed by atoms with Crippen LogP contribution in [-0.2, 0) is 22.4 Å². The molecule has 0 unspecified atom stereocenters. The van der Waals surface area contributed by atoms with Crippen LogP contribution in [0.5, 0.6) is 0 Å². The predicted molar refractivity (Wildman–Crippen MR) is 82.3 cm³/mol. The molecule has 0 saturated heterocycles. The van der Waals surface area contributed by atoms with Gasteiger partial charge in [-0.1, -0.05) is 36.4 Å². The van der Waals surface area contributed by atoms with Crippen molar-refractivity contribution < 1.29 is 14.7 Å². The van der Waals surface area contributed by atoms with E-state index in [1.165, 1.54) is 0 Å². The molecule has 2 rings (SSSR count). The number of hydrogen-bond donors (Lipinski definition) is 2. The Labute approximate surface area is 129 Å². The largest absolute Gasteiger partial charge is 0.480 e. The fraction of sp³-hybridized carbons (Fsp3) is 0.235. The first-order valence-corrected chi connectivity index (χ1v) is 7.10. The van der Waals surface area contributed by atoms with Gasteiger partial charge in [-0.15, -0.1) is 0 Å². The van der Waals surface area contributed by atoms with Gasteiger partial charge in [0, 0.05) is 25.2 Å². The molecule has 0 aliphatic rings. The SMILES string of the molecule is O=C(CCc1cccnc1)N[C@@H](Cc1ccccc1)C(=O)O. The molecule has 1 heterocycles. The monoisotopic (exact) mass is 298 g/mol. The summed E-state index contributed by atoms with van der Waals surface area (Å²) in [5, 5.41) is 11.8. The number of amides is 1. The maximum Gasteiger partial charge on any atom is 0.326 e. The number of carbonyl (C=O) groups is 2. The Morgan fingerprint density at radius 2 is 1.82 bits per heavy atom. The second-order valence-electron chi connectivity index (χ2n) is 5.01. The van der Waals surface area contributed by atoms with Crippen molar-refractivity contribution >= 4 is 11.9 Å². The highest BCUT2D eigenvalue weighted by Crippen LogP contribution is 2.05. The average molecular weight is 298 g/mol. The van der Waals surface area contributed by atoms with E-state index < -0.39 is 12.0 Å². The lowest BCUT2D eigenvalue weighted by Gasteiger charge is -2.14. The fourth-order valence-corrected chi connectivity index (χ4v) is 2.12. The van der Waals surface area contributed by atoms with Crippen molar-refractivity contribution in [1.29, 1.82) is 0 Å². The van der Waals surface area contributed by atoms with Gasteiger partial charge in [-0.05, 0) is 23.6 Å². The van der Waals surface area contributed by atoms with Crippen LogP contribution in [0.3, 0.4) is 0 Å². The highest BCUT2D eigenvalue weighted by Gasteiger charge is 2.20. The van der Waals surface area contributed by atoms with Crippen LogP contribution in [-0.4, -0.2) is 28.0 Å². The minimum Gasteiger partial charge on any atom is -0.480 e. The lowest BCUT2D eigenvalue weighted by molar-refractivity contribution is -0.141. The van der Waals surface area contributed by atoms with E-state index in [1.54, 1.807) is 12.4 Å². The molecule has 5 heteroatoms. The number of rotatable bonds is 7. The molecule has 5 nitrogen and oxygen atoms in total. The van der Waals surface area contributed by atoms with E-state index in [-0.39, 0.29) is 18.7 Å². The average Bonchev–Trinajstić information content (AvgIpc) is 2.54. The normalized spacial score (nSPS) is 11.6. The van der Waals surface area contributed by atoms with Gasteiger partial charge in [0.2, 0.25) is 5.91 Å². The first-order chi connectivity index (χ1) is 10.6. The molecule has 1 amide bonds. The predicted octanol–water partition coefficient (Wildman–Crippen LogP) is 1.83. The number of aryl methyl sites for hydroxylation is 1.